The predicted octanol–water partition coefficient (Wildman–Crippen LogP) is 2.13. The summed E-state index contributed by atoms with van der Waals surface area (Å²) in [6.45, 7) is 0. The number of halogens is 1. The molecule has 17 heavy (non-hydrogen) atoms. The third-order valence-corrected chi connectivity index (χ3v) is 2.56. The number of hydrogen-bond donors (Lipinski definition) is 1. The van der Waals surface area contributed by atoms with E-state index in [1.165, 1.54) is 18.3 Å². The van der Waals surface area contributed by atoms with Gasteiger partial charge < -0.3 is 5.21 Å². The monoisotopic (exact) mass is 231 g/mol. The Hall–Kier alpha value is -2.23. The normalized spacial score (nSPS) is 10.9. The lowest BCUT2D eigenvalue weighted by molar-refractivity contribution is -0.672. The standard InChI is InChI=1S/C13H11FN2O/c1-16-7-6-11(8-13(16)9-15-17)10-2-4-12(14)5-3-10/h2-9H,1H3/p+1. The number of aromatic nitrogens is 1. The molecule has 2 rings (SSSR count). The van der Waals surface area contributed by atoms with Crippen molar-refractivity contribution in [3.8, 4) is 11.1 Å². The quantitative estimate of drug-likeness (QED) is 0.365. The van der Waals surface area contributed by atoms with Crippen molar-refractivity contribution in [2.45, 2.75) is 0 Å². The summed E-state index contributed by atoms with van der Waals surface area (Å²) in [7, 11) is 1.85. The van der Waals surface area contributed by atoms with Crippen LogP contribution >= 0.6 is 0 Å². The molecule has 0 unspecified atom stereocenters. The van der Waals surface area contributed by atoms with Crippen LogP contribution < -0.4 is 4.57 Å². The second-order valence-corrected chi connectivity index (χ2v) is 3.70. The number of benzene rings is 1. The van der Waals surface area contributed by atoms with Gasteiger partial charge in [0, 0.05) is 12.1 Å². The molecule has 86 valence electrons. The van der Waals surface area contributed by atoms with Crippen molar-refractivity contribution >= 4 is 6.21 Å². The molecule has 3 nitrogen and oxygen atoms in total. The van der Waals surface area contributed by atoms with Gasteiger partial charge in [-0.1, -0.05) is 17.3 Å². The fourth-order valence-corrected chi connectivity index (χ4v) is 1.60. The number of aryl methyl sites for hydroxylation is 1. The zero-order valence-electron chi connectivity index (χ0n) is 9.34. The molecular formula is C13H12FN2O+. The molecule has 4 heteroatoms. The Morgan fingerprint density at radius 2 is 1.88 bits per heavy atom. The average molecular weight is 231 g/mol. The van der Waals surface area contributed by atoms with Crippen LogP contribution in [0.3, 0.4) is 0 Å². The second-order valence-electron chi connectivity index (χ2n) is 3.70. The van der Waals surface area contributed by atoms with Crippen LogP contribution in [0.1, 0.15) is 5.69 Å². The summed E-state index contributed by atoms with van der Waals surface area (Å²) in [6.07, 6.45) is 3.21. The molecule has 0 radical (unpaired) electrons. The van der Waals surface area contributed by atoms with E-state index in [1.807, 2.05) is 29.9 Å². The van der Waals surface area contributed by atoms with E-state index in [-0.39, 0.29) is 5.82 Å². The van der Waals surface area contributed by atoms with Crippen molar-refractivity contribution in [1.29, 1.82) is 0 Å². The van der Waals surface area contributed by atoms with E-state index < -0.39 is 0 Å². The largest absolute Gasteiger partial charge is 0.411 e. The minimum atomic E-state index is -0.257. The van der Waals surface area contributed by atoms with Crippen LogP contribution in [0.5, 0.6) is 0 Å². The van der Waals surface area contributed by atoms with Gasteiger partial charge in [0.25, 0.3) is 0 Å². The van der Waals surface area contributed by atoms with E-state index >= 15 is 0 Å². The molecule has 0 fully saturated rings. The maximum Gasteiger partial charge on any atom is 0.227 e. The summed E-state index contributed by atoms with van der Waals surface area (Å²) >= 11 is 0. The third-order valence-electron chi connectivity index (χ3n) is 2.56. The lowest BCUT2D eigenvalue weighted by Crippen LogP contribution is -2.32. The van der Waals surface area contributed by atoms with Crippen molar-refractivity contribution in [3.63, 3.8) is 0 Å². The zero-order chi connectivity index (χ0) is 12.3. The highest BCUT2D eigenvalue weighted by Gasteiger charge is 2.07. The summed E-state index contributed by atoms with van der Waals surface area (Å²) < 4.78 is 14.6. The summed E-state index contributed by atoms with van der Waals surface area (Å²) in [5.41, 5.74) is 2.62. The van der Waals surface area contributed by atoms with E-state index in [1.54, 1.807) is 12.1 Å². The van der Waals surface area contributed by atoms with Gasteiger partial charge in [-0.2, -0.15) is 0 Å². The number of pyridine rings is 1. The fraction of sp³-hybridized carbons (Fsp3) is 0.0769. The van der Waals surface area contributed by atoms with Crippen LogP contribution in [0.15, 0.2) is 47.8 Å². The molecule has 2 aromatic rings. The van der Waals surface area contributed by atoms with Gasteiger partial charge in [0.1, 0.15) is 19.1 Å². The molecule has 0 atom stereocenters. The summed E-state index contributed by atoms with van der Waals surface area (Å²) in [6, 6.07) is 10.0. The average Bonchev–Trinajstić information content (AvgIpc) is 2.33. The Kier molecular flexibility index (Phi) is 3.14. The molecule has 0 spiro atoms. The minimum Gasteiger partial charge on any atom is -0.411 e. The van der Waals surface area contributed by atoms with Gasteiger partial charge in [0.05, 0.1) is 0 Å². The molecule has 1 N–H and O–H groups in total. The van der Waals surface area contributed by atoms with Crippen LogP contribution in [0.4, 0.5) is 4.39 Å². The van der Waals surface area contributed by atoms with E-state index in [0.29, 0.717) is 0 Å². The summed E-state index contributed by atoms with van der Waals surface area (Å²) in [4.78, 5) is 0. The number of nitrogens with zero attached hydrogens (tertiary/aromatic N) is 2. The van der Waals surface area contributed by atoms with Crippen molar-refractivity contribution < 1.29 is 14.2 Å². The number of rotatable bonds is 2. The first-order chi connectivity index (χ1) is 8.20. The Morgan fingerprint density at radius 3 is 2.53 bits per heavy atom. The van der Waals surface area contributed by atoms with Gasteiger partial charge in [-0.05, 0) is 23.3 Å². The van der Waals surface area contributed by atoms with E-state index in [0.717, 1.165) is 16.8 Å². The molecule has 1 heterocycles. The maximum absolute atomic E-state index is 12.8. The SMILES string of the molecule is C[n+]1ccc(-c2ccc(F)cc2)cc1/C=N/O. The molecular weight excluding hydrogens is 219 g/mol. The first-order valence-corrected chi connectivity index (χ1v) is 5.14. The molecule has 0 amide bonds. The Morgan fingerprint density at radius 1 is 1.18 bits per heavy atom. The summed E-state index contributed by atoms with van der Waals surface area (Å²) in [5.74, 6) is -0.257. The van der Waals surface area contributed by atoms with Crippen molar-refractivity contribution in [3.05, 3.63) is 54.1 Å². The van der Waals surface area contributed by atoms with Gasteiger partial charge >= 0.3 is 0 Å². The minimum absolute atomic E-state index is 0.257. The highest BCUT2D eigenvalue weighted by atomic mass is 19.1. The zero-order valence-corrected chi connectivity index (χ0v) is 9.34. The van der Waals surface area contributed by atoms with Crippen molar-refractivity contribution in [1.82, 2.24) is 0 Å². The smallest absolute Gasteiger partial charge is 0.227 e. The van der Waals surface area contributed by atoms with Crippen LogP contribution in [0.2, 0.25) is 0 Å². The van der Waals surface area contributed by atoms with Gasteiger partial charge in [0.15, 0.2) is 6.20 Å². The Bertz CT molecular complexity index is 550. The lowest BCUT2D eigenvalue weighted by atomic mass is 10.1. The van der Waals surface area contributed by atoms with E-state index in [9.17, 15) is 4.39 Å². The summed E-state index contributed by atoms with van der Waals surface area (Å²) in [5, 5.41) is 11.6. The molecule has 0 saturated heterocycles. The molecule has 1 aromatic carbocycles. The maximum atomic E-state index is 12.8. The molecule has 0 aliphatic carbocycles. The van der Waals surface area contributed by atoms with Gasteiger partial charge in [-0.15, -0.1) is 0 Å². The van der Waals surface area contributed by atoms with Gasteiger partial charge in [-0.25, -0.2) is 8.96 Å². The number of oxime groups is 1. The van der Waals surface area contributed by atoms with Gasteiger partial charge in [0.2, 0.25) is 5.69 Å². The lowest BCUT2D eigenvalue weighted by Gasteiger charge is -2.01. The Labute approximate surface area is 98.5 Å². The molecule has 0 saturated carbocycles. The van der Waals surface area contributed by atoms with Crippen LogP contribution in [0.25, 0.3) is 11.1 Å². The molecule has 0 bridgehead atoms. The topological polar surface area (TPSA) is 36.5 Å². The van der Waals surface area contributed by atoms with E-state index in [4.69, 9.17) is 5.21 Å². The first kappa shape index (κ1) is 11.3. The third kappa shape index (κ3) is 2.47. The number of hydrogen-bond acceptors (Lipinski definition) is 2. The van der Waals surface area contributed by atoms with Crippen molar-refractivity contribution in [2.75, 3.05) is 0 Å². The highest BCUT2D eigenvalue weighted by molar-refractivity contribution is 5.77. The van der Waals surface area contributed by atoms with E-state index in [2.05, 4.69) is 5.16 Å². The highest BCUT2D eigenvalue weighted by Crippen LogP contribution is 2.18. The fourth-order valence-electron chi connectivity index (χ4n) is 1.60. The Balaban J connectivity index is 2.46. The predicted molar refractivity (Wildman–Crippen MR) is 62.4 cm³/mol. The second kappa shape index (κ2) is 4.74. The molecule has 0 aliphatic rings. The van der Waals surface area contributed by atoms with Crippen molar-refractivity contribution in [2.24, 2.45) is 12.2 Å². The molecule has 1 aromatic heterocycles. The molecule has 0 aliphatic heterocycles. The van der Waals surface area contributed by atoms with Crippen LogP contribution in [0, 0.1) is 5.82 Å². The van der Waals surface area contributed by atoms with Gasteiger partial charge in [-0.3, -0.25) is 0 Å². The van der Waals surface area contributed by atoms with Crippen LogP contribution in [-0.4, -0.2) is 11.4 Å². The van der Waals surface area contributed by atoms with Crippen LogP contribution in [-0.2, 0) is 7.05 Å². The first-order valence-electron chi connectivity index (χ1n) is 5.14.